The molecule has 1 fully saturated rings. The molecule has 0 aliphatic carbocycles. The molecule has 1 atom stereocenters. The van der Waals surface area contributed by atoms with E-state index in [0.717, 1.165) is 48.8 Å². The minimum atomic E-state index is -0.579. The quantitative estimate of drug-likeness (QED) is 0.235. The van der Waals surface area contributed by atoms with Crippen LogP contribution < -0.4 is 0 Å². The van der Waals surface area contributed by atoms with E-state index in [2.05, 4.69) is 13.2 Å². The summed E-state index contributed by atoms with van der Waals surface area (Å²) in [7, 11) is 0. The molecule has 1 aliphatic heterocycles. The number of rotatable bonds is 11. The lowest BCUT2D eigenvalue weighted by atomic mass is 9.85. The van der Waals surface area contributed by atoms with Gasteiger partial charge in [-0.15, -0.1) is 0 Å². The molecule has 0 unspecified atom stereocenters. The summed E-state index contributed by atoms with van der Waals surface area (Å²) >= 11 is 0. The van der Waals surface area contributed by atoms with Gasteiger partial charge in [0.15, 0.2) is 0 Å². The van der Waals surface area contributed by atoms with Crippen LogP contribution >= 0.6 is 0 Å². The first-order chi connectivity index (χ1) is 15.6. The summed E-state index contributed by atoms with van der Waals surface area (Å²) < 4.78 is 5.33. The van der Waals surface area contributed by atoms with Crippen molar-refractivity contribution in [3.8, 4) is 0 Å². The van der Waals surface area contributed by atoms with Crippen LogP contribution in [0.25, 0.3) is 0 Å². The predicted octanol–water partition coefficient (Wildman–Crippen LogP) is 6.41. The van der Waals surface area contributed by atoms with Gasteiger partial charge in [0.1, 0.15) is 6.61 Å². The average molecular weight is 430 g/mol. The van der Waals surface area contributed by atoms with Crippen LogP contribution in [0, 0.1) is 0 Å². The van der Waals surface area contributed by atoms with E-state index in [1.165, 1.54) is 11.0 Å². The van der Waals surface area contributed by atoms with E-state index in [-0.39, 0.29) is 18.4 Å². The number of hydrogen-bond donors (Lipinski definition) is 0. The van der Waals surface area contributed by atoms with Gasteiger partial charge in [-0.1, -0.05) is 98.0 Å². The Morgan fingerprint density at radius 1 is 1.03 bits per heavy atom. The Morgan fingerprint density at radius 2 is 1.66 bits per heavy atom. The standard InChI is InChI=1S/C28H31NO3/c1-3-22(2)15-9-5-4-6-14-20-26(30)29-25(21-32-28(29)31)27(23-16-10-7-11-17-23)24-18-12-8-13-19-24/h3,7-8,10-14,16-20,25,27H,1-2,4-6,9,15,21H2/b20-14+/t25-/m0/s1. The van der Waals surface area contributed by atoms with Crippen molar-refractivity contribution in [2.75, 3.05) is 6.61 Å². The predicted molar refractivity (Wildman–Crippen MR) is 128 cm³/mol. The number of cyclic esters (lactones) is 1. The summed E-state index contributed by atoms with van der Waals surface area (Å²) in [6.07, 6.45) is 9.43. The van der Waals surface area contributed by atoms with Crippen molar-refractivity contribution in [3.63, 3.8) is 0 Å². The van der Waals surface area contributed by atoms with Gasteiger partial charge in [-0.25, -0.2) is 9.69 Å². The van der Waals surface area contributed by atoms with Crippen LogP contribution in [0.4, 0.5) is 4.79 Å². The number of allylic oxidation sites excluding steroid dienone is 3. The molecule has 1 heterocycles. The van der Waals surface area contributed by atoms with Crippen LogP contribution in [-0.4, -0.2) is 29.5 Å². The van der Waals surface area contributed by atoms with E-state index >= 15 is 0 Å². The van der Waals surface area contributed by atoms with Crippen molar-refractivity contribution in [1.82, 2.24) is 4.90 Å². The van der Waals surface area contributed by atoms with Crippen LogP contribution in [0.2, 0.25) is 0 Å². The molecule has 0 saturated carbocycles. The molecule has 2 amide bonds. The van der Waals surface area contributed by atoms with Gasteiger partial charge >= 0.3 is 6.09 Å². The van der Waals surface area contributed by atoms with Gasteiger partial charge in [0.25, 0.3) is 5.91 Å². The molecule has 1 aliphatic rings. The van der Waals surface area contributed by atoms with Gasteiger partial charge in [-0.2, -0.15) is 0 Å². The summed E-state index contributed by atoms with van der Waals surface area (Å²) in [6, 6.07) is 19.5. The number of unbranched alkanes of at least 4 members (excludes halogenated alkanes) is 3. The largest absolute Gasteiger partial charge is 0.447 e. The van der Waals surface area contributed by atoms with Gasteiger partial charge in [0.2, 0.25) is 0 Å². The third kappa shape index (κ3) is 6.07. The maximum absolute atomic E-state index is 13.0. The molecule has 32 heavy (non-hydrogen) atoms. The lowest BCUT2D eigenvalue weighted by Crippen LogP contribution is -2.42. The van der Waals surface area contributed by atoms with Crippen LogP contribution in [0.3, 0.4) is 0 Å². The van der Waals surface area contributed by atoms with Crippen LogP contribution in [-0.2, 0) is 9.53 Å². The lowest BCUT2D eigenvalue weighted by Gasteiger charge is -2.28. The zero-order valence-corrected chi connectivity index (χ0v) is 18.5. The van der Waals surface area contributed by atoms with E-state index in [1.54, 1.807) is 6.08 Å². The first-order valence-electron chi connectivity index (χ1n) is 11.2. The fraction of sp³-hybridized carbons (Fsp3) is 0.286. The number of carbonyl (C=O) groups is 2. The Labute approximate surface area is 190 Å². The molecule has 0 radical (unpaired) electrons. The average Bonchev–Trinajstić information content (AvgIpc) is 3.20. The molecular weight excluding hydrogens is 398 g/mol. The number of benzene rings is 2. The van der Waals surface area contributed by atoms with Gasteiger partial charge in [0, 0.05) is 5.92 Å². The molecule has 2 aromatic rings. The molecule has 0 aromatic heterocycles. The van der Waals surface area contributed by atoms with Crippen molar-refractivity contribution >= 4 is 12.0 Å². The smallest absolute Gasteiger partial charge is 0.417 e. The molecule has 3 rings (SSSR count). The van der Waals surface area contributed by atoms with Gasteiger partial charge < -0.3 is 4.74 Å². The lowest BCUT2D eigenvalue weighted by molar-refractivity contribution is -0.124. The van der Waals surface area contributed by atoms with E-state index in [0.29, 0.717) is 0 Å². The van der Waals surface area contributed by atoms with E-state index in [1.807, 2.05) is 66.7 Å². The number of hydrogen-bond acceptors (Lipinski definition) is 3. The fourth-order valence-electron chi connectivity index (χ4n) is 4.05. The van der Waals surface area contributed by atoms with Crippen molar-refractivity contribution < 1.29 is 14.3 Å². The highest BCUT2D eigenvalue weighted by atomic mass is 16.6. The highest BCUT2D eigenvalue weighted by molar-refractivity contribution is 6.00. The highest BCUT2D eigenvalue weighted by Crippen LogP contribution is 2.34. The second kappa shape index (κ2) is 11.8. The number of ether oxygens (including phenoxy) is 1. The highest BCUT2D eigenvalue weighted by Gasteiger charge is 2.42. The molecule has 0 spiro atoms. The number of carbonyl (C=O) groups excluding carboxylic acids is 2. The number of nitrogens with zero attached hydrogens (tertiary/aromatic N) is 1. The molecule has 0 bridgehead atoms. The summed E-state index contributed by atoms with van der Waals surface area (Å²) in [5.74, 6) is -0.478. The summed E-state index contributed by atoms with van der Waals surface area (Å²) in [5.41, 5.74) is 3.15. The first kappa shape index (κ1) is 23.3. The Hall–Kier alpha value is -3.40. The van der Waals surface area contributed by atoms with Crippen LogP contribution in [0.15, 0.2) is 97.6 Å². The summed E-state index contributed by atoms with van der Waals surface area (Å²) in [4.78, 5) is 26.7. The molecule has 1 saturated heterocycles. The molecule has 166 valence electrons. The molecule has 2 aromatic carbocycles. The van der Waals surface area contributed by atoms with Gasteiger partial charge in [-0.05, 0) is 42.9 Å². The van der Waals surface area contributed by atoms with Crippen molar-refractivity contribution in [1.29, 1.82) is 0 Å². The molecule has 4 nitrogen and oxygen atoms in total. The maximum atomic E-state index is 13.0. The Bertz CT molecular complexity index is 910. The first-order valence-corrected chi connectivity index (χ1v) is 11.2. The maximum Gasteiger partial charge on any atom is 0.417 e. The summed E-state index contributed by atoms with van der Waals surface area (Å²) in [5, 5.41) is 0. The fourth-order valence-corrected chi connectivity index (χ4v) is 4.05. The third-order valence-electron chi connectivity index (χ3n) is 5.76. The van der Waals surface area contributed by atoms with Gasteiger partial charge in [-0.3, -0.25) is 4.79 Å². The van der Waals surface area contributed by atoms with Crippen molar-refractivity contribution in [2.45, 2.75) is 44.1 Å². The van der Waals surface area contributed by atoms with E-state index in [4.69, 9.17) is 4.74 Å². The topological polar surface area (TPSA) is 46.6 Å². The zero-order valence-electron chi connectivity index (χ0n) is 18.5. The molecule has 0 N–H and O–H groups in total. The minimum Gasteiger partial charge on any atom is -0.447 e. The second-order valence-corrected chi connectivity index (χ2v) is 8.02. The van der Waals surface area contributed by atoms with Crippen LogP contribution in [0.5, 0.6) is 0 Å². The SMILES string of the molecule is C=CC(=C)CCCCC/C=C/C(=O)N1C(=O)OC[C@H]1C(c1ccccc1)c1ccccc1. The van der Waals surface area contributed by atoms with E-state index < -0.39 is 12.1 Å². The Balaban J connectivity index is 1.68. The Morgan fingerprint density at radius 3 is 2.25 bits per heavy atom. The molecular formula is C28H31NO3. The number of amides is 2. The van der Waals surface area contributed by atoms with Crippen LogP contribution in [0.1, 0.15) is 49.1 Å². The Kier molecular flexibility index (Phi) is 8.61. The third-order valence-corrected chi connectivity index (χ3v) is 5.76. The normalized spacial score (nSPS) is 15.8. The minimum absolute atomic E-state index is 0.154. The monoisotopic (exact) mass is 429 g/mol. The van der Waals surface area contributed by atoms with Crippen molar-refractivity contribution in [2.24, 2.45) is 0 Å². The second-order valence-electron chi connectivity index (χ2n) is 8.02. The molecule has 4 heteroatoms. The van der Waals surface area contributed by atoms with Crippen molar-refractivity contribution in [3.05, 3.63) is 109 Å². The number of imide groups is 1. The van der Waals surface area contributed by atoms with E-state index in [9.17, 15) is 9.59 Å². The summed E-state index contributed by atoms with van der Waals surface area (Å²) in [6.45, 7) is 7.82. The zero-order chi connectivity index (χ0) is 22.8. The van der Waals surface area contributed by atoms with Gasteiger partial charge in [0.05, 0.1) is 6.04 Å².